The van der Waals surface area contributed by atoms with Crippen LogP contribution in [0.1, 0.15) is 15.9 Å². The summed E-state index contributed by atoms with van der Waals surface area (Å²) < 4.78 is 17.0. The number of pyridine rings is 3. The number of carbonyl (C=O) groups excluding carboxylic acids is 1. The number of hydrogen-bond donors (Lipinski definition) is 1. The largest absolute Gasteiger partial charge is 0.493 e. The van der Waals surface area contributed by atoms with Crippen LogP contribution >= 0.6 is 0 Å². The second-order valence-corrected chi connectivity index (χ2v) is 9.59. The number of aromatic nitrogens is 5. The first kappa shape index (κ1) is 28.0. The highest BCUT2D eigenvalue weighted by atomic mass is 16.5. The molecule has 1 N–H and O–H groups in total. The molecule has 4 heterocycles. The summed E-state index contributed by atoms with van der Waals surface area (Å²) in [6.07, 6.45) is 9.31. The minimum Gasteiger partial charge on any atom is -0.493 e. The average Bonchev–Trinajstić information content (AvgIpc) is 3.08. The summed E-state index contributed by atoms with van der Waals surface area (Å²) in [6.45, 7) is 0.179. The SMILES string of the molecule is COc1cc2nccc(Oc3ccc(N(Cc4ccccc4)C(=O)c4cc(-c5cnccn5)c[nH]c4=O)nc3)c2cc1OC. The third-order valence-corrected chi connectivity index (χ3v) is 6.85. The van der Waals surface area contributed by atoms with E-state index >= 15 is 0 Å². The van der Waals surface area contributed by atoms with Crippen LogP contribution in [0.25, 0.3) is 22.2 Å². The molecule has 0 aliphatic heterocycles. The molecule has 0 atom stereocenters. The standard InChI is InChI=1S/C33H26N6O5/c1-42-29-15-24-26(16-30(29)43-2)35-11-10-28(24)44-23-8-9-31(37-18-23)39(20-21-6-4-3-5-7-21)33(41)25-14-22(17-38-32(25)40)27-19-34-12-13-36-27/h3-19H,20H2,1-2H3,(H,38,40). The smallest absolute Gasteiger partial charge is 0.265 e. The molecule has 0 aliphatic rings. The van der Waals surface area contributed by atoms with E-state index in [0.717, 1.165) is 10.9 Å². The summed E-state index contributed by atoms with van der Waals surface area (Å²) in [5, 5.41) is 0.720. The highest BCUT2D eigenvalue weighted by Gasteiger charge is 2.23. The molecule has 6 aromatic rings. The Hall–Kier alpha value is -6.10. The van der Waals surface area contributed by atoms with E-state index in [9.17, 15) is 9.59 Å². The van der Waals surface area contributed by atoms with Gasteiger partial charge in [-0.1, -0.05) is 30.3 Å². The molecule has 11 heteroatoms. The van der Waals surface area contributed by atoms with Gasteiger partial charge in [-0.2, -0.15) is 0 Å². The van der Waals surface area contributed by atoms with E-state index in [2.05, 4.69) is 24.9 Å². The molecule has 0 radical (unpaired) electrons. The van der Waals surface area contributed by atoms with Crippen molar-refractivity contribution in [3.05, 3.63) is 125 Å². The Kier molecular flexibility index (Phi) is 7.91. The summed E-state index contributed by atoms with van der Waals surface area (Å²) in [4.78, 5) is 48.3. The summed E-state index contributed by atoms with van der Waals surface area (Å²) in [6, 6.07) is 19.7. The van der Waals surface area contributed by atoms with E-state index in [4.69, 9.17) is 14.2 Å². The predicted octanol–water partition coefficient (Wildman–Crippen LogP) is 5.43. The number of nitrogens with zero attached hydrogens (tertiary/aromatic N) is 5. The maximum absolute atomic E-state index is 14.0. The van der Waals surface area contributed by atoms with Gasteiger partial charge in [0.2, 0.25) is 0 Å². The van der Waals surface area contributed by atoms with Gasteiger partial charge in [0.15, 0.2) is 11.5 Å². The zero-order chi connectivity index (χ0) is 30.5. The van der Waals surface area contributed by atoms with Gasteiger partial charge in [-0.3, -0.25) is 29.4 Å². The van der Waals surface area contributed by atoms with Crippen LogP contribution < -0.4 is 24.7 Å². The minimum absolute atomic E-state index is 0.0566. The van der Waals surface area contributed by atoms with E-state index in [1.165, 1.54) is 23.4 Å². The van der Waals surface area contributed by atoms with Crippen molar-refractivity contribution in [3.63, 3.8) is 0 Å². The van der Waals surface area contributed by atoms with Crippen LogP contribution in [0.3, 0.4) is 0 Å². The second-order valence-electron chi connectivity index (χ2n) is 9.59. The Balaban J connectivity index is 1.33. The number of methoxy groups -OCH3 is 2. The van der Waals surface area contributed by atoms with Crippen LogP contribution in [-0.4, -0.2) is 45.0 Å². The molecule has 44 heavy (non-hydrogen) atoms. The first-order valence-electron chi connectivity index (χ1n) is 13.5. The van der Waals surface area contributed by atoms with E-state index in [-0.39, 0.29) is 12.1 Å². The van der Waals surface area contributed by atoms with Crippen molar-refractivity contribution in [2.75, 3.05) is 19.1 Å². The fraction of sp³-hybridized carbons (Fsp3) is 0.0909. The van der Waals surface area contributed by atoms with Crippen molar-refractivity contribution in [1.29, 1.82) is 0 Å². The summed E-state index contributed by atoms with van der Waals surface area (Å²) >= 11 is 0. The molecule has 1 amide bonds. The Morgan fingerprint density at radius 2 is 1.66 bits per heavy atom. The number of amides is 1. The van der Waals surface area contributed by atoms with Crippen LogP contribution in [0.4, 0.5) is 5.82 Å². The zero-order valence-electron chi connectivity index (χ0n) is 23.8. The van der Waals surface area contributed by atoms with Crippen molar-refractivity contribution in [3.8, 4) is 34.3 Å². The number of fused-ring (bicyclic) bond motifs is 1. The fourth-order valence-electron chi connectivity index (χ4n) is 4.66. The lowest BCUT2D eigenvalue weighted by Crippen LogP contribution is -2.35. The molecule has 4 aromatic heterocycles. The van der Waals surface area contributed by atoms with E-state index in [1.807, 2.05) is 30.3 Å². The quantitative estimate of drug-likeness (QED) is 0.235. The van der Waals surface area contributed by atoms with E-state index in [0.29, 0.717) is 45.6 Å². The van der Waals surface area contributed by atoms with Crippen LogP contribution in [0, 0.1) is 0 Å². The van der Waals surface area contributed by atoms with Crippen LogP contribution in [0.5, 0.6) is 23.0 Å². The van der Waals surface area contributed by atoms with Crippen LogP contribution in [0.2, 0.25) is 0 Å². The third-order valence-electron chi connectivity index (χ3n) is 6.85. The van der Waals surface area contributed by atoms with Gasteiger partial charge in [-0.05, 0) is 35.9 Å². The summed E-state index contributed by atoms with van der Waals surface area (Å²) in [5.41, 5.74) is 2.01. The van der Waals surface area contributed by atoms with E-state index < -0.39 is 11.5 Å². The Morgan fingerprint density at radius 3 is 2.39 bits per heavy atom. The van der Waals surface area contributed by atoms with Gasteiger partial charge in [0.05, 0.1) is 44.4 Å². The monoisotopic (exact) mass is 586 g/mol. The van der Waals surface area contributed by atoms with Gasteiger partial charge in [0, 0.05) is 41.8 Å². The zero-order valence-corrected chi connectivity index (χ0v) is 23.8. The Morgan fingerprint density at radius 1 is 0.841 bits per heavy atom. The number of carbonyl (C=O) groups is 1. The van der Waals surface area contributed by atoms with Crippen molar-refractivity contribution >= 4 is 22.6 Å². The van der Waals surface area contributed by atoms with Crippen molar-refractivity contribution in [1.82, 2.24) is 24.9 Å². The number of hydrogen-bond acceptors (Lipinski definition) is 9. The lowest BCUT2D eigenvalue weighted by molar-refractivity contribution is 0.0983. The van der Waals surface area contributed by atoms with Crippen molar-refractivity contribution in [2.24, 2.45) is 0 Å². The van der Waals surface area contributed by atoms with Crippen LogP contribution in [0.15, 0.2) is 109 Å². The molecule has 2 aromatic carbocycles. The number of rotatable bonds is 9. The topological polar surface area (TPSA) is 132 Å². The molecule has 0 spiro atoms. The molecule has 218 valence electrons. The third kappa shape index (κ3) is 5.79. The molecule has 0 unspecified atom stereocenters. The molecule has 0 bridgehead atoms. The first-order valence-corrected chi connectivity index (χ1v) is 13.5. The molecule has 0 fully saturated rings. The maximum atomic E-state index is 14.0. The lowest BCUT2D eigenvalue weighted by atomic mass is 10.1. The van der Waals surface area contributed by atoms with Crippen molar-refractivity contribution in [2.45, 2.75) is 6.54 Å². The maximum Gasteiger partial charge on any atom is 0.265 e. The first-order chi connectivity index (χ1) is 21.5. The van der Waals surface area contributed by atoms with Gasteiger partial charge in [0.25, 0.3) is 11.5 Å². The number of nitrogens with one attached hydrogen (secondary N) is 1. The molecule has 0 saturated heterocycles. The lowest BCUT2D eigenvalue weighted by Gasteiger charge is -2.22. The minimum atomic E-state index is -0.530. The Labute approximate surface area is 251 Å². The van der Waals surface area contributed by atoms with Gasteiger partial charge in [0.1, 0.15) is 22.9 Å². The fourth-order valence-corrected chi connectivity index (χ4v) is 4.66. The van der Waals surface area contributed by atoms with Gasteiger partial charge >= 0.3 is 0 Å². The molecular weight excluding hydrogens is 560 g/mol. The van der Waals surface area contributed by atoms with Gasteiger partial charge in [-0.25, -0.2) is 4.98 Å². The summed E-state index contributed by atoms with van der Waals surface area (Å²) in [5.74, 6) is 1.88. The summed E-state index contributed by atoms with van der Waals surface area (Å²) in [7, 11) is 3.12. The van der Waals surface area contributed by atoms with Gasteiger partial charge in [-0.15, -0.1) is 0 Å². The molecule has 11 nitrogen and oxygen atoms in total. The predicted molar refractivity (Wildman–Crippen MR) is 164 cm³/mol. The van der Waals surface area contributed by atoms with Crippen molar-refractivity contribution < 1.29 is 19.0 Å². The number of benzene rings is 2. The number of H-pyrrole nitrogens is 1. The average molecular weight is 587 g/mol. The van der Waals surface area contributed by atoms with Crippen LogP contribution in [-0.2, 0) is 6.54 Å². The highest BCUT2D eigenvalue weighted by molar-refractivity contribution is 6.05. The molecule has 6 rings (SSSR count). The van der Waals surface area contributed by atoms with Gasteiger partial charge < -0.3 is 19.2 Å². The second kappa shape index (κ2) is 12.4. The van der Waals surface area contributed by atoms with E-state index in [1.54, 1.807) is 69.3 Å². The number of ether oxygens (including phenoxy) is 3. The number of aromatic amines is 1. The molecule has 0 saturated carbocycles. The molecular formula is C33H26N6O5. The normalized spacial score (nSPS) is 10.8. The Bertz CT molecular complexity index is 1980. The molecule has 0 aliphatic carbocycles. The highest BCUT2D eigenvalue weighted by Crippen LogP contribution is 2.37. The number of anilines is 1.